The molecule has 2 aromatic heterocycles. The van der Waals surface area contributed by atoms with E-state index in [1.54, 1.807) is 25.1 Å². The number of benzene rings is 2. The van der Waals surface area contributed by atoms with Crippen molar-refractivity contribution in [3.8, 4) is 11.7 Å². The fourth-order valence-corrected chi connectivity index (χ4v) is 3.67. The summed E-state index contributed by atoms with van der Waals surface area (Å²) in [5.41, 5.74) is 1.36. The molecule has 0 bridgehead atoms. The lowest BCUT2D eigenvalue weighted by Crippen LogP contribution is -2.14. The second kappa shape index (κ2) is 7.51. The molecule has 4 aromatic rings. The molecule has 0 atom stereocenters. The van der Waals surface area contributed by atoms with Crippen molar-refractivity contribution in [1.82, 2.24) is 10.2 Å². The van der Waals surface area contributed by atoms with Gasteiger partial charge in [0.05, 0.1) is 17.1 Å². The Morgan fingerprint density at radius 3 is 2.52 bits per heavy atom. The van der Waals surface area contributed by atoms with Crippen LogP contribution in [0.15, 0.2) is 68.3 Å². The lowest BCUT2D eigenvalue weighted by atomic mass is 10.1. The highest BCUT2D eigenvalue weighted by atomic mass is 32.2. The zero-order valence-corrected chi connectivity index (χ0v) is 16.3. The third kappa shape index (κ3) is 4.04. The third-order valence-corrected chi connectivity index (χ3v) is 6.09. The van der Waals surface area contributed by atoms with Gasteiger partial charge in [0.1, 0.15) is 5.58 Å². The standard InChI is InChI=1S/C20H17N3O5S/c1-2-29(25,26)15-9-7-13(8-10-15)11-18(24)21-20-23-22-19(28-20)17-12-14-5-3-4-6-16(14)27-17/h3-10,12H,2,11H2,1H3,(H,21,23,24). The van der Waals surface area contributed by atoms with Gasteiger partial charge in [-0.15, -0.1) is 5.10 Å². The van der Waals surface area contributed by atoms with Crippen molar-refractivity contribution < 1.29 is 22.0 Å². The molecule has 9 heteroatoms. The number of rotatable bonds is 6. The smallest absolute Gasteiger partial charge is 0.322 e. The van der Waals surface area contributed by atoms with Crippen molar-refractivity contribution in [2.45, 2.75) is 18.2 Å². The van der Waals surface area contributed by atoms with Crippen LogP contribution in [-0.4, -0.2) is 30.3 Å². The van der Waals surface area contributed by atoms with E-state index in [1.807, 2.05) is 24.3 Å². The summed E-state index contributed by atoms with van der Waals surface area (Å²) >= 11 is 0. The van der Waals surface area contributed by atoms with E-state index in [1.165, 1.54) is 12.1 Å². The Morgan fingerprint density at radius 2 is 1.79 bits per heavy atom. The van der Waals surface area contributed by atoms with Gasteiger partial charge in [-0.25, -0.2) is 8.42 Å². The van der Waals surface area contributed by atoms with Crippen molar-refractivity contribution in [2.24, 2.45) is 0 Å². The van der Waals surface area contributed by atoms with Gasteiger partial charge in [-0.2, -0.15) is 0 Å². The van der Waals surface area contributed by atoms with Crippen LogP contribution in [0.4, 0.5) is 6.01 Å². The monoisotopic (exact) mass is 411 g/mol. The molecule has 0 radical (unpaired) electrons. The maximum atomic E-state index is 12.2. The molecule has 4 rings (SSSR count). The minimum absolute atomic E-state index is 0.0254. The first-order valence-electron chi connectivity index (χ1n) is 8.88. The first kappa shape index (κ1) is 18.9. The predicted octanol–water partition coefficient (Wildman–Crippen LogP) is 3.46. The van der Waals surface area contributed by atoms with Gasteiger partial charge in [-0.05, 0) is 29.8 Å². The molecule has 0 spiro atoms. The number of hydrogen-bond acceptors (Lipinski definition) is 7. The quantitative estimate of drug-likeness (QED) is 0.516. The highest BCUT2D eigenvalue weighted by Gasteiger charge is 2.16. The van der Waals surface area contributed by atoms with Gasteiger partial charge in [0, 0.05) is 5.39 Å². The van der Waals surface area contributed by atoms with Crippen LogP contribution in [0.2, 0.25) is 0 Å². The molecular formula is C20H17N3O5S. The van der Waals surface area contributed by atoms with Crippen LogP contribution < -0.4 is 5.32 Å². The van der Waals surface area contributed by atoms with Crippen molar-refractivity contribution in [3.05, 3.63) is 60.2 Å². The number of anilines is 1. The molecule has 1 N–H and O–H groups in total. The summed E-state index contributed by atoms with van der Waals surface area (Å²) in [5.74, 6) is 0.228. The molecule has 29 heavy (non-hydrogen) atoms. The molecular weight excluding hydrogens is 394 g/mol. The first-order chi connectivity index (χ1) is 13.9. The first-order valence-corrected chi connectivity index (χ1v) is 10.5. The van der Waals surface area contributed by atoms with Crippen LogP contribution in [0.1, 0.15) is 12.5 Å². The number of nitrogens with zero attached hydrogens (tertiary/aromatic N) is 2. The van der Waals surface area contributed by atoms with Gasteiger partial charge in [0.25, 0.3) is 5.89 Å². The van der Waals surface area contributed by atoms with Gasteiger partial charge in [-0.1, -0.05) is 42.4 Å². The van der Waals surface area contributed by atoms with Crippen LogP contribution >= 0.6 is 0 Å². The van der Waals surface area contributed by atoms with E-state index in [-0.39, 0.29) is 34.9 Å². The molecule has 0 aliphatic carbocycles. The van der Waals surface area contributed by atoms with E-state index >= 15 is 0 Å². The van der Waals surface area contributed by atoms with E-state index < -0.39 is 9.84 Å². The Hall–Kier alpha value is -3.46. The van der Waals surface area contributed by atoms with Crippen molar-refractivity contribution >= 4 is 32.7 Å². The Kier molecular flexibility index (Phi) is 4.89. The molecule has 0 saturated heterocycles. The fourth-order valence-electron chi connectivity index (χ4n) is 2.79. The number of fused-ring (bicyclic) bond motifs is 1. The van der Waals surface area contributed by atoms with E-state index in [9.17, 15) is 13.2 Å². The number of nitrogens with one attached hydrogen (secondary N) is 1. The van der Waals surface area contributed by atoms with Gasteiger partial charge in [0.2, 0.25) is 5.91 Å². The van der Waals surface area contributed by atoms with E-state index in [4.69, 9.17) is 8.83 Å². The SMILES string of the molecule is CCS(=O)(=O)c1ccc(CC(=O)Nc2nnc(-c3cc4ccccc4o3)o2)cc1. The van der Waals surface area contributed by atoms with Gasteiger partial charge in [0.15, 0.2) is 15.6 Å². The van der Waals surface area contributed by atoms with Crippen molar-refractivity contribution in [1.29, 1.82) is 0 Å². The summed E-state index contributed by atoms with van der Waals surface area (Å²) in [4.78, 5) is 12.5. The number of carbonyl (C=O) groups is 1. The summed E-state index contributed by atoms with van der Waals surface area (Å²) in [5, 5.41) is 11.1. The van der Waals surface area contributed by atoms with E-state index in [0.717, 1.165) is 5.39 Å². The number of hydrogen-bond donors (Lipinski definition) is 1. The predicted molar refractivity (Wildman–Crippen MR) is 106 cm³/mol. The van der Waals surface area contributed by atoms with Crippen molar-refractivity contribution in [2.75, 3.05) is 11.1 Å². The van der Waals surface area contributed by atoms with Crippen LogP contribution in [-0.2, 0) is 21.1 Å². The van der Waals surface area contributed by atoms with Crippen LogP contribution in [0, 0.1) is 0 Å². The van der Waals surface area contributed by atoms with E-state index in [2.05, 4.69) is 15.5 Å². The Bertz CT molecular complexity index is 1240. The highest BCUT2D eigenvalue weighted by molar-refractivity contribution is 7.91. The number of aromatic nitrogens is 2. The van der Waals surface area contributed by atoms with Gasteiger partial charge >= 0.3 is 6.01 Å². The molecule has 0 fully saturated rings. The molecule has 148 valence electrons. The number of para-hydroxylation sites is 1. The van der Waals surface area contributed by atoms with Crippen molar-refractivity contribution in [3.63, 3.8) is 0 Å². The molecule has 0 saturated carbocycles. The summed E-state index contributed by atoms with van der Waals surface area (Å²) in [6, 6.07) is 15.4. The van der Waals surface area contributed by atoms with Gasteiger partial charge in [-0.3, -0.25) is 10.1 Å². The third-order valence-electron chi connectivity index (χ3n) is 4.33. The van der Waals surface area contributed by atoms with E-state index in [0.29, 0.717) is 16.9 Å². The zero-order valence-electron chi connectivity index (χ0n) is 15.5. The summed E-state index contributed by atoms with van der Waals surface area (Å²) in [7, 11) is -3.27. The van der Waals surface area contributed by atoms with Crippen LogP contribution in [0.5, 0.6) is 0 Å². The molecule has 2 heterocycles. The summed E-state index contributed by atoms with van der Waals surface area (Å²) in [6.45, 7) is 1.58. The lowest BCUT2D eigenvalue weighted by Gasteiger charge is -2.04. The number of amides is 1. The molecule has 0 aliphatic heterocycles. The summed E-state index contributed by atoms with van der Waals surface area (Å²) < 4.78 is 34.8. The Labute approximate surface area is 166 Å². The number of sulfone groups is 1. The van der Waals surface area contributed by atoms with Gasteiger partial charge < -0.3 is 8.83 Å². The maximum absolute atomic E-state index is 12.2. The normalized spacial score (nSPS) is 11.6. The summed E-state index contributed by atoms with van der Waals surface area (Å²) in [6.07, 6.45) is 0.0365. The molecule has 2 aromatic carbocycles. The number of carbonyl (C=O) groups excluding carboxylic acids is 1. The average molecular weight is 411 g/mol. The number of furan rings is 1. The topological polar surface area (TPSA) is 115 Å². The maximum Gasteiger partial charge on any atom is 0.322 e. The highest BCUT2D eigenvalue weighted by Crippen LogP contribution is 2.27. The largest absolute Gasteiger partial charge is 0.451 e. The Morgan fingerprint density at radius 1 is 1.03 bits per heavy atom. The zero-order chi connectivity index (χ0) is 20.4. The van der Waals surface area contributed by atoms with Crippen LogP contribution in [0.3, 0.4) is 0 Å². The molecule has 8 nitrogen and oxygen atoms in total. The second-order valence-electron chi connectivity index (χ2n) is 6.33. The fraction of sp³-hybridized carbons (Fsp3) is 0.150. The molecule has 1 amide bonds. The average Bonchev–Trinajstić information content (AvgIpc) is 3.35. The minimum atomic E-state index is -3.27. The lowest BCUT2D eigenvalue weighted by molar-refractivity contribution is -0.115. The second-order valence-corrected chi connectivity index (χ2v) is 8.61. The minimum Gasteiger partial charge on any atom is -0.451 e. The van der Waals surface area contributed by atoms with Crippen LogP contribution in [0.25, 0.3) is 22.6 Å². The molecule has 0 aliphatic rings. The Balaban J connectivity index is 1.43. The molecule has 0 unspecified atom stereocenters.